The number of hydrogen-bond donors (Lipinski definition) is 2. The molecule has 4 rings (SSSR count). The minimum absolute atomic E-state index is 0.0681. The first kappa shape index (κ1) is 15.9. The fraction of sp³-hybridized carbons (Fsp3) is 0.579. The Balaban J connectivity index is 1.92. The van der Waals surface area contributed by atoms with E-state index in [-0.39, 0.29) is 23.4 Å². The predicted molar refractivity (Wildman–Crippen MR) is 93.6 cm³/mol. The highest BCUT2D eigenvalue weighted by molar-refractivity contribution is 5.68. The Kier molecular flexibility index (Phi) is 3.46. The summed E-state index contributed by atoms with van der Waals surface area (Å²) in [5.74, 6) is 0.743. The molecule has 6 unspecified atom stereocenters. The van der Waals surface area contributed by atoms with E-state index in [1.54, 1.807) is 7.11 Å². The van der Waals surface area contributed by atoms with Crippen molar-refractivity contribution in [3.8, 4) is 5.75 Å². The van der Waals surface area contributed by atoms with E-state index < -0.39 is 12.2 Å². The highest BCUT2D eigenvalue weighted by Gasteiger charge is 2.63. The van der Waals surface area contributed by atoms with Crippen LogP contribution in [0.1, 0.15) is 12.5 Å². The Morgan fingerprint density at radius 2 is 1.92 bits per heavy atom. The van der Waals surface area contributed by atoms with Gasteiger partial charge in [-0.05, 0) is 18.7 Å². The van der Waals surface area contributed by atoms with E-state index in [2.05, 4.69) is 42.0 Å². The van der Waals surface area contributed by atoms with Crippen molar-refractivity contribution in [2.45, 2.75) is 36.6 Å². The van der Waals surface area contributed by atoms with Crippen LogP contribution in [0.3, 0.4) is 0 Å². The molecule has 1 saturated carbocycles. The van der Waals surface area contributed by atoms with Crippen molar-refractivity contribution in [2.24, 2.45) is 5.92 Å². The molecule has 0 bridgehead atoms. The third kappa shape index (κ3) is 1.80. The maximum Gasteiger partial charge on any atom is 0.120 e. The number of anilines is 1. The topological polar surface area (TPSA) is 56.2 Å². The summed E-state index contributed by atoms with van der Waals surface area (Å²) in [6, 6.07) is 6.13. The van der Waals surface area contributed by atoms with Crippen molar-refractivity contribution in [1.82, 2.24) is 4.90 Å². The molecule has 1 fully saturated rings. The first-order valence-corrected chi connectivity index (χ1v) is 8.55. The lowest BCUT2D eigenvalue weighted by Crippen LogP contribution is -2.70. The van der Waals surface area contributed by atoms with Crippen LogP contribution in [0.4, 0.5) is 5.69 Å². The fourth-order valence-corrected chi connectivity index (χ4v) is 5.48. The second-order valence-electron chi connectivity index (χ2n) is 7.59. The SMILES string of the molecule is COc1ccc2c(c1)N(C)C1C(O)C(O)C3C=CCN(C)C3C21C. The number of benzene rings is 1. The minimum atomic E-state index is -0.796. The van der Waals surface area contributed by atoms with Crippen molar-refractivity contribution < 1.29 is 14.9 Å². The van der Waals surface area contributed by atoms with Gasteiger partial charge in [-0.2, -0.15) is 0 Å². The maximum absolute atomic E-state index is 10.9. The third-order valence-corrected chi connectivity index (χ3v) is 6.47. The normalized spacial score (nSPS) is 40.9. The average molecular weight is 330 g/mol. The van der Waals surface area contributed by atoms with Crippen LogP contribution in [-0.4, -0.2) is 67.2 Å². The summed E-state index contributed by atoms with van der Waals surface area (Å²) in [5.41, 5.74) is 2.04. The average Bonchev–Trinajstić information content (AvgIpc) is 2.80. The van der Waals surface area contributed by atoms with Gasteiger partial charge in [-0.1, -0.05) is 25.1 Å². The standard InChI is InChI=1S/C19H26N2O3/c1-19-13-8-7-11(24-4)10-14(13)21(3)18(19)16(23)15(22)12-6-5-9-20(2)17(12)19/h5-8,10,12,15-18,22-23H,9H2,1-4H3. The Morgan fingerprint density at radius 3 is 2.62 bits per heavy atom. The molecule has 2 N–H and O–H groups in total. The zero-order chi connectivity index (χ0) is 17.2. The Hall–Kier alpha value is -1.56. The lowest BCUT2D eigenvalue weighted by molar-refractivity contribution is -0.103. The Morgan fingerprint density at radius 1 is 1.17 bits per heavy atom. The summed E-state index contributed by atoms with van der Waals surface area (Å²) in [6.45, 7) is 3.09. The molecule has 3 aliphatic rings. The number of aliphatic hydroxyl groups is 2. The van der Waals surface area contributed by atoms with Crippen molar-refractivity contribution in [2.75, 3.05) is 32.6 Å². The molecule has 2 heterocycles. The quantitative estimate of drug-likeness (QED) is 0.752. The number of fused-ring (bicyclic) bond motifs is 5. The highest BCUT2D eigenvalue weighted by Crippen LogP contribution is 2.55. The van der Waals surface area contributed by atoms with Gasteiger partial charge in [-0.3, -0.25) is 4.90 Å². The van der Waals surface area contributed by atoms with Crippen molar-refractivity contribution in [1.29, 1.82) is 0 Å². The monoisotopic (exact) mass is 330 g/mol. The molecular formula is C19H26N2O3. The van der Waals surface area contributed by atoms with Crippen LogP contribution in [0.2, 0.25) is 0 Å². The molecule has 6 atom stereocenters. The number of hydrogen-bond acceptors (Lipinski definition) is 5. The lowest BCUT2D eigenvalue weighted by atomic mass is 9.59. The molecule has 1 aromatic rings. The van der Waals surface area contributed by atoms with E-state index in [1.165, 1.54) is 5.56 Å². The van der Waals surface area contributed by atoms with E-state index in [4.69, 9.17) is 4.74 Å². The second-order valence-corrected chi connectivity index (χ2v) is 7.59. The van der Waals surface area contributed by atoms with Crippen molar-refractivity contribution in [3.05, 3.63) is 35.9 Å². The van der Waals surface area contributed by atoms with Crippen molar-refractivity contribution >= 4 is 5.69 Å². The van der Waals surface area contributed by atoms with Gasteiger partial charge in [0, 0.05) is 42.7 Å². The van der Waals surface area contributed by atoms with Gasteiger partial charge in [0.1, 0.15) is 11.9 Å². The molecule has 130 valence electrons. The van der Waals surface area contributed by atoms with Gasteiger partial charge in [-0.15, -0.1) is 0 Å². The summed E-state index contributed by atoms with van der Waals surface area (Å²) >= 11 is 0. The van der Waals surface area contributed by atoms with Gasteiger partial charge >= 0.3 is 0 Å². The number of rotatable bonds is 1. The first-order valence-electron chi connectivity index (χ1n) is 8.55. The summed E-state index contributed by atoms with van der Waals surface area (Å²) in [4.78, 5) is 4.42. The molecule has 5 nitrogen and oxygen atoms in total. The van der Waals surface area contributed by atoms with E-state index in [1.807, 2.05) is 19.2 Å². The molecule has 2 aliphatic heterocycles. The molecule has 0 saturated heterocycles. The second kappa shape index (κ2) is 5.22. The van der Waals surface area contributed by atoms with Crippen LogP contribution in [0.15, 0.2) is 30.4 Å². The molecule has 0 radical (unpaired) electrons. The van der Waals surface area contributed by atoms with E-state index in [0.29, 0.717) is 0 Å². The summed E-state index contributed by atoms with van der Waals surface area (Å²) in [6.07, 6.45) is 2.62. The maximum atomic E-state index is 10.9. The minimum Gasteiger partial charge on any atom is -0.497 e. The summed E-state index contributed by atoms with van der Waals surface area (Å²) in [7, 11) is 5.78. The Labute approximate surface area is 143 Å². The van der Waals surface area contributed by atoms with Gasteiger partial charge < -0.3 is 19.8 Å². The predicted octanol–water partition coefficient (Wildman–Crippen LogP) is 0.993. The van der Waals surface area contributed by atoms with Crippen LogP contribution >= 0.6 is 0 Å². The Bertz CT molecular complexity index is 691. The third-order valence-electron chi connectivity index (χ3n) is 6.47. The smallest absolute Gasteiger partial charge is 0.120 e. The highest BCUT2D eigenvalue weighted by atomic mass is 16.5. The largest absolute Gasteiger partial charge is 0.497 e. The molecule has 1 aromatic carbocycles. The zero-order valence-electron chi connectivity index (χ0n) is 14.7. The zero-order valence-corrected chi connectivity index (χ0v) is 14.7. The summed E-state index contributed by atoms with van der Waals surface area (Å²) < 4.78 is 5.39. The van der Waals surface area contributed by atoms with E-state index >= 15 is 0 Å². The number of nitrogens with zero attached hydrogens (tertiary/aromatic N) is 2. The van der Waals surface area contributed by atoms with Crippen LogP contribution < -0.4 is 9.64 Å². The van der Waals surface area contributed by atoms with Crippen LogP contribution in [0.5, 0.6) is 5.75 Å². The number of likely N-dealkylation sites (N-methyl/N-ethyl adjacent to an activating group) is 2. The number of aliphatic hydroxyl groups excluding tert-OH is 2. The molecule has 0 spiro atoms. The molecule has 0 amide bonds. The molecular weight excluding hydrogens is 304 g/mol. The first-order chi connectivity index (χ1) is 11.4. The fourth-order valence-electron chi connectivity index (χ4n) is 5.48. The van der Waals surface area contributed by atoms with Gasteiger partial charge in [0.05, 0.1) is 19.3 Å². The van der Waals surface area contributed by atoms with Crippen LogP contribution in [0.25, 0.3) is 0 Å². The summed E-state index contributed by atoms with van der Waals surface area (Å²) in [5, 5.41) is 21.7. The van der Waals surface area contributed by atoms with Gasteiger partial charge in [0.25, 0.3) is 0 Å². The van der Waals surface area contributed by atoms with Crippen LogP contribution in [-0.2, 0) is 5.41 Å². The van der Waals surface area contributed by atoms with Gasteiger partial charge in [0.2, 0.25) is 0 Å². The van der Waals surface area contributed by atoms with Crippen molar-refractivity contribution in [3.63, 3.8) is 0 Å². The molecule has 24 heavy (non-hydrogen) atoms. The lowest BCUT2D eigenvalue weighted by Gasteiger charge is -2.56. The van der Waals surface area contributed by atoms with Gasteiger partial charge in [-0.25, -0.2) is 0 Å². The van der Waals surface area contributed by atoms with E-state index in [0.717, 1.165) is 18.0 Å². The molecule has 5 heteroatoms. The molecule has 0 aromatic heterocycles. The molecule has 1 aliphatic carbocycles. The van der Waals surface area contributed by atoms with Crippen LogP contribution in [0, 0.1) is 5.92 Å². The number of ether oxygens (including phenoxy) is 1. The van der Waals surface area contributed by atoms with E-state index in [9.17, 15) is 10.2 Å². The number of methoxy groups -OCH3 is 1. The van der Waals surface area contributed by atoms with Gasteiger partial charge in [0.15, 0.2) is 0 Å².